The van der Waals surface area contributed by atoms with Crippen molar-refractivity contribution < 1.29 is 14.0 Å². The van der Waals surface area contributed by atoms with Gasteiger partial charge in [-0.15, -0.1) is 0 Å². The van der Waals surface area contributed by atoms with E-state index in [1.165, 1.54) is 12.4 Å². The second-order valence-electron chi connectivity index (χ2n) is 6.25. The highest BCUT2D eigenvalue weighted by Crippen LogP contribution is 2.26. The van der Waals surface area contributed by atoms with Crippen molar-refractivity contribution in [3.63, 3.8) is 0 Å². The number of fused-ring (bicyclic) bond motifs is 1. The van der Waals surface area contributed by atoms with E-state index in [1.807, 2.05) is 11.5 Å². The molecule has 0 saturated heterocycles. The maximum absolute atomic E-state index is 12.7. The van der Waals surface area contributed by atoms with Crippen LogP contribution in [0.4, 0.5) is 0 Å². The highest BCUT2D eigenvalue weighted by molar-refractivity contribution is 5.94. The molecule has 4 heterocycles. The van der Waals surface area contributed by atoms with Gasteiger partial charge in [0.15, 0.2) is 0 Å². The van der Waals surface area contributed by atoms with E-state index >= 15 is 0 Å². The van der Waals surface area contributed by atoms with E-state index in [0.29, 0.717) is 42.5 Å². The lowest BCUT2D eigenvalue weighted by Gasteiger charge is -2.33. The van der Waals surface area contributed by atoms with Crippen LogP contribution < -0.4 is 5.32 Å². The van der Waals surface area contributed by atoms with E-state index < -0.39 is 0 Å². The first-order chi connectivity index (χ1) is 13.1. The average molecular weight is 366 g/mol. The number of furan rings is 1. The summed E-state index contributed by atoms with van der Waals surface area (Å²) in [6.45, 7) is 3.29. The van der Waals surface area contributed by atoms with Crippen molar-refractivity contribution in [2.45, 2.75) is 26.1 Å². The summed E-state index contributed by atoms with van der Waals surface area (Å²) in [5, 5.41) is 10.2. The van der Waals surface area contributed by atoms with Crippen LogP contribution in [0.25, 0.3) is 0 Å². The zero-order valence-corrected chi connectivity index (χ0v) is 14.7. The summed E-state index contributed by atoms with van der Waals surface area (Å²) in [5.74, 6) is 0.940. The molecule has 1 aliphatic heterocycles. The first kappa shape index (κ1) is 17.0. The lowest BCUT2D eigenvalue weighted by atomic mass is 10.1. The summed E-state index contributed by atoms with van der Waals surface area (Å²) in [7, 11) is 0. The lowest BCUT2D eigenvalue weighted by Crippen LogP contribution is -2.41. The second kappa shape index (κ2) is 7.02. The van der Waals surface area contributed by atoms with Gasteiger partial charge in [0.2, 0.25) is 0 Å². The van der Waals surface area contributed by atoms with Crippen LogP contribution in [-0.2, 0) is 13.1 Å². The van der Waals surface area contributed by atoms with Gasteiger partial charge in [0.1, 0.15) is 17.3 Å². The Hall–Kier alpha value is -3.49. The van der Waals surface area contributed by atoms with Crippen molar-refractivity contribution in [3.8, 4) is 0 Å². The molecule has 0 radical (unpaired) electrons. The molecule has 0 spiro atoms. The molecule has 138 valence electrons. The fraction of sp³-hybridized carbons (Fsp3) is 0.278. The van der Waals surface area contributed by atoms with Crippen LogP contribution in [0, 0.1) is 0 Å². The lowest BCUT2D eigenvalue weighted by molar-refractivity contribution is 0.0637. The molecular formula is C18H18N6O3. The number of imidazole rings is 1. The van der Waals surface area contributed by atoms with Gasteiger partial charge in [-0.25, -0.2) is 4.98 Å². The Kier molecular flexibility index (Phi) is 4.41. The third-order valence-electron chi connectivity index (χ3n) is 4.56. The van der Waals surface area contributed by atoms with Crippen molar-refractivity contribution >= 4 is 11.8 Å². The smallest absolute Gasteiger partial charge is 0.271 e. The molecule has 0 unspecified atom stereocenters. The molecule has 27 heavy (non-hydrogen) atoms. The fourth-order valence-corrected chi connectivity index (χ4v) is 3.13. The van der Waals surface area contributed by atoms with Crippen molar-refractivity contribution in [2.24, 2.45) is 0 Å². The molecule has 0 aliphatic carbocycles. The Morgan fingerprint density at radius 3 is 2.93 bits per heavy atom. The molecule has 2 amide bonds. The fourth-order valence-electron chi connectivity index (χ4n) is 3.13. The molecule has 3 aromatic rings. The maximum Gasteiger partial charge on any atom is 0.271 e. The van der Waals surface area contributed by atoms with Gasteiger partial charge in [0.05, 0.1) is 36.8 Å². The zero-order chi connectivity index (χ0) is 18.8. The minimum atomic E-state index is -0.281. The third-order valence-corrected chi connectivity index (χ3v) is 4.56. The van der Waals surface area contributed by atoms with Gasteiger partial charge >= 0.3 is 0 Å². The predicted molar refractivity (Wildman–Crippen MR) is 93.6 cm³/mol. The first-order valence-corrected chi connectivity index (χ1v) is 8.59. The molecule has 1 atom stereocenters. The molecule has 9 heteroatoms. The van der Waals surface area contributed by atoms with Gasteiger partial charge in [-0.2, -0.15) is 10.2 Å². The monoisotopic (exact) mass is 366 g/mol. The van der Waals surface area contributed by atoms with Crippen molar-refractivity contribution in [2.75, 3.05) is 6.54 Å². The van der Waals surface area contributed by atoms with Crippen molar-refractivity contribution in [1.29, 1.82) is 0 Å². The van der Waals surface area contributed by atoms with Gasteiger partial charge in [-0.3, -0.25) is 9.59 Å². The van der Waals surface area contributed by atoms with Crippen molar-refractivity contribution in [3.05, 3.63) is 65.9 Å². The molecule has 0 aromatic carbocycles. The number of amides is 2. The predicted octanol–water partition coefficient (Wildman–Crippen LogP) is 1.41. The number of rotatable bonds is 4. The minimum Gasteiger partial charge on any atom is -0.467 e. The van der Waals surface area contributed by atoms with Crippen LogP contribution in [0.15, 0.2) is 47.5 Å². The summed E-state index contributed by atoms with van der Waals surface area (Å²) in [5.41, 5.74) is 0.802. The SMILES string of the molecule is C[C@@H]1c2nc(C(=O)NCc3ccco3)cn2CCN1C(=O)c1ccnnc1. The van der Waals surface area contributed by atoms with E-state index in [-0.39, 0.29) is 17.9 Å². The van der Waals surface area contributed by atoms with Crippen LogP contribution in [0.2, 0.25) is 0 Å². The van der Waals surface area contributed by atoms with Gasteiger partial charge in [-0.05, 0) is 25.1 Å². The Labute approximate surface area is 155 Å². The van der Waals surface area contributed by atoms with Crippen LogP contribution >= 0.6 is 0 Å². The molecule has 9 nitrogen and oxygen atoms in total. The van der Waals surface area contributed by atoms with E-state index in [2.05, 4.69) is 20.5 Å². The number of carbonyl (C=O) groups excluding carboxylic acids is 2. The highest BCUT2D eigenvalue weighted by atomic mass is 16.3. The average Bonchev–Trinajstić information content (AvgIpc) is 3.37. The van der Waals surface area contributed by atoms with Crippen LogP contribution in [-0.4, -0.2) is 43.0 Å². The summed E-state index contributed by atoms with van der Waals surface area (Å²) < 4.78 is 7.12. The number of hydrogen-bond donors (Lipinski definition) is 1. The summed E-state index contributed by atoms with van der Waals surface area (Å²) in [6, 6.07) is 4.93. The Bertz CT molecular complexity index is 951. The molecular weight excluding hydrogens is 348 g/mol. The summed E-state index contributed by atoms with van der Waals surface area (Å²) >= 11 is 0. The van der Waals surface area contributed by atoms with E-state index in [4.69, 9.17) is 4.42 Å². The number of nitrogens with one attached hydrogen (secondary N) is 1. The molecule has 4 rings (SSSR count). The van der Waals surface area contributed by atoms with E-state index in [9.17, 15) is 9.59 Å². The number of hydrogen-bond acceptors (Lipinski definition) is 6. The maximum atomic E-state index is 12.7. The molecule has 1 N–H and O–H groups in total. The van der Waals surface area contributed by atoms with Gasteiger partial charge in [0, 0.05) is 19.3 Å². The molecule has 0 bridgehead atoms. The van der Waals surface area contributed by atoms with E-state index in [1.54, 1.807) is 35.6 Å². The van der Waals surface area contributed by atoms with Crippen molar-refractivity contribution in [1.82, 2.24) is 30.0 Å². The summed E-state index contributed by atoms with van der Waals surface area (Å²) in [6.07, 6.45) is 6.22. The van der Waals surface area contributed by atoms with Gasteiger partial charge in [0.25, 0.3) is 11.8 Å². The molecule has 1 aliphatic rings. The highest BCUT2D eigenvalue weighted by Gasteiger charge is 2.31. The Balaban J connectivity index is 1.49. The largest absolute Gasteiger partial charge is 0.467 e. The molecule has 0 saturated carbocycles. The van der Waals surface area contributed by atoms with Crippen LogP contribution in [0.3, 0.4) is 0 Å². The Morgan fingerprint density at radius 1 is 1.30 bits per heavy atom. The third kappa shape index (κ3) is 3.31. The number of carbonyl (C=O) groups is 2. The number of aromatic nitrogens is 4. The number of nitrogens with zero attached hydrogens (tertiary/aromatic N) is 5. The van der Waals surface area contributed by atoms with Gasteiger partial charge in [-0.1, -0.05) is 0 Å². The normalized spacial score (nSPS) is 16.0. The Morgan fingerprint density at radius 2 is 2.19 bits per heavy atom. The molecule has 3 aromatic heterocycles. The topological polar surface area (TPSA) is 106 Å². The molecule has 0 fully saturated rings. The quantitative estimate of drug-likeness (QED) is 0.748. The van der Waals surface area contributed by atoms with Gasteiger partial charge < -0.3 is 19.2 Å². The second-order valence-corrected chi connectivity index (χ2v) is 6.25. The van der Waals surface area contributed by atoms with Crippen LogP contribution in [0.5, 0.6) is 0 Å². The standard InChI is InChI=1S/C18H18N6O3/c1-12-16-22-15(17(25)19-10-14-3-2-8-27-14)11-23(16)6-7-24(12)18(26)13-4-5-20-21-9-13/h2-5,8-9,11-12H,6-7,10H2,1H3,(H,19,25)/t12-/m1/s1. The summed E-state index contributed by atoms with van der Waals surface area (Å²) in [4.78, 5) is 31.3. The van der Waals surface area contributed by atoms with E-state index in [0.717, 1.165) is 0 Å². The first-order valence-electron chi connectivity index (χ1n) is 8.59. The minimum absolute atomic E-state index is 0.129. The van der Waals surface area contributed by atoms with Crippen LogP contribution in [0.1, 0.15) is 45.4 Å². The zero-order valence-electron chi connectivity index (χ0n) is 14.7.